The normalized spacial score (nSPS) is 19.1. The van der Waals surface area contributed by atoms with Crippen LogP contribution in [0.5, 0.6) is 0 Å². The highest BCUT2D eigenvalue weighted by Gasteiger charge is 2.31. The average molecular weight is 875 g/mol. The van der Waals surface area contributed by atoms with E-state index in [1.54, 1.807) is 9.80 Å². The molecule has 10 rings (SSSR count). The lowest BCUT2D eigenvalue weighted by Gasteiger charge is -2.33. The third-order valence-electron chi connectivity index (χ3n) is 12.7. The number of carbonyl (C=O) groups excluding carboxylic acids is 2. The third kappa shape index (κ3) is 7.85. The van der Waals surface area contributed by atoms with E-state index in [1.165, 1.54) is 21.8 Å². The van der Waals surface area contributed by atoms with Crippen LogP contribution in [0.1, 0.15) is 47.4 Å². The van der Waals surface area contributed by atoms with Crippen LogP contribution >= 0.6 is 12.4 Å². The maximum Gasteiger partial charge on any atom is 0.253 e. The SMILES string of the molecule is CCn1c(-c2nc3cc(C(=O)N4CC[C@@H](F)[C@@H](N)C4)ccc3n2C)cc2ccccc21.CCn1c(-c2nc3cc(C(=O)N4CC[C@@H](F)[C@@H](N)C4)ccc3n2C)cc2ccccc21.Cl. The van der Waals surface area contributed by atoms with Gasteiger partial charge < -0.3 is 39.5 Å². The van der Waals surface area contributed by atoms with Crippen molar-refractivity contribution >= 4 is 68.1 Å². The van der Waals surface area contributed by atoms with Gasteiger partial charge in [-0.05, 0) is 87.4 Å². The maximum atomic E-state index is 13.7. The van der Waals surface area contributed by atoms with Gasteiger partial charge in [0.1, 0.15) is 12.3 Å². The van der Waals surface area contributed by atoms with Gasteiger partial charge in [0.15, 0.2) is 11.6 Å². The zero-order chi connectivity index (χ0) is 43.4. The van der Waals surface area contributed by atoms with E-state index in [0.717, 1.165) is 58.2 Å². The van der Waals surface area contributed by atoms with Crippen molar-refractivity contribution in [2.24, 2.45) is 25.6 Å². The van der Waals surface area contributed by atoms with Crippen LogP contribution in [0.2, 0.25) is 0 Å². The molecule has 2 amide bonds. The van der Waals surface area contributed by atoms with E-state index in [1.807, 2.05) is 74.8 Å². The molecule has 328 valence electrons. The summed E-state index contributed by atoms with van der Waals surface area (Å²) < 4.78 is 36.0. The van der Waals surface area contributed by atoms with E-state index in [4.69, 9.17) is 21.4 Å². The molecule has 63 heavy (non-hydrogen) atoms. The number of hydrogen-bond donors (Lipinski definition) is 2. The number of benzene rings is 4. The van der Waals surface area contributed by atoms with E-state index >= 15 is 0 Å². The lowest BCUT2D eigenvalue weighted by Crippen LogP contribution is -2.51. The molecule has 4 aromatic heterocycles. The topological polar surface area (TPSA) is 138 Å². The molecule has 0 unspecified atom stereocenters. The Labute approximate surface area is 370 Å². The Kier molecular flexibility index (Phi) is 12.2. The Bertz CT molecular complexity index is 2790. The van der Waals surface area contributed by atoms with Crippen molar-refractivity contribution in [3.63, 3.8) is 0 Å². The van der Waals surface area contributed by atoms with Crippen molar-refractivity contribution in [3.05, 3.63) is 108 Å². The predicted octanol–water partition coefficient (Wildman–Crippen LogP) is 7.87. The average Bonchev–Trinajstić information content (AvgIpc) is 4.04. The lowest BCUT2D eigenvalue weighted by atomic mass is 10.0. The first-order valence-corrected chi connectivity index (χ1v) is 21.4. The number of aromatic nitrogens is 6. The summed E-state index contributed by atoms with van der Waals surface area (Å²) in [6.07, 6.45) is -1.53. The van der Waals surface area contributed by atoms with E-state index in [-0.39, 0.29) is 50.2 Å². The first-order chi connectivity index (χ1) is 29.9. The van der Waals surface area contributed by atoms with Crippen LogP contribution in [-0.2, 0) is 27.2 Å². The van der Waals surface area contributed by atoms with Gasteiger partial charge in [-0.1, -0.05) is 36.4 Å². The molecule has 2 aliphatic heterocycles. The summed E-state index contributed by atoms with van der Waals surface area (Å²) in [5.41, 5.74) is 20.7. The van der Waals surface area contributed by atoms with Crippen LogP contribution in [0.25, 0.3) is 66.9 Å². The van der Waals surface area contributed by atoms with Crippen molar-refractivity contribution in [3.8, 4) is 23.0 Å². The monoisotopic (exact) mass is 874 g/mol. The zero-order valence-corrected chi connectivity index (χ0v) is 36.7. The van der Waals surface area contributed by atoms with Gasteiger partial charge in [-0.2, -0.15) is 0 Å². The fraction of sp³-hybridized carbons (Fsp3) is 0.333. The van der Waals surface area contributed by atoms with Crippen LogP contribution in [0, 0.1) is 0 Å². The number of aryl methyl sites for hydroxylation is 4. The number of halogens is 3. The smallest absolute Gasteiger partial charge is 0.253 e. The summed E-state index contributed by atoms with van der Waals surface area (Å²) in [6, 6.07) is 30.8. The van der Waals surface area contributed by atoms with Crippen molar-refractivity contribution in [2.45, 2.75) is 64.2 Å². The molecule has 0 saturated carbocycles. The number of imidazole rings is 2. The van der Waals surface area contributed by atoms with E-state index in [9.17, 15) is 18.4 Å². The molecule has 2 aliphatic rings. The highest BCUT2D eigenvalue weighted by molar-refractivity contribution is 5.99. The standard InChI is InChI=1S/2C24H26FN5O.ClH/c2*1-3-30-20-7-5-4-6-15(20)13-22(30)23-27-19-12-16(8-9-21(19)28(23)2)24(31)29-11-10-17(25)18(26)14-29;/h2*4-9,12-13,17-18H,3,10-11,14,26H2,1-2H3;1H/t2*17-,18+;/m11./s1. The predicted molar refractivity (Wildman–Crippen MR) is 249 cm³/mol. The van der Waals surface area contributed by atoms with Crippen LogP contribution in [0.3, 0.4) is 0 Å². The molecule has 2 fully saturated rings. The van der Waals surface area contributed by atoms with E-state index in [0.29, 0.717) is 24.2 Å². The molecular formula is C48H53ClF2N10O2. The molecule has 4 atom stereocenters. The number of alkyl halides is 2. The minimum absolute atomic E-state index is 0. The minimum atomic E-state index is -1.05. The molecule has 6 heterocycles. The van der Waals surface area contributed by atoms with Gasteiger partial charge in [-0.25, -0.2) is 18.7 Å². The van der Waals surface area contributed by atoms with Gasteiger partial charge in [-0.15, -0.1) is 12.4 Å². The number of nitrogens with two attached hydrogens (primary N) is 2. The summed E-state index contributed by atoms with van der Waals surface area (Å²) in [4.78, 5) is 39.0. The van der Waals surface area contributed by atoms with Gasteiger partial charge in [-0.3, -0.25) is 9.59 Å². The fourth-order valence-corrected chi connectivity index (χ4v) is 9.24. The van der Waals surface area contributed by atoms with Crippen LogP contribution < -0.4 is 11.5 Å². The van der Waals surface area contributed by atoms with E-state index < -0.39 is 24.4 Å². The second-order valence-corrected chi connectivity index (χ2v) is 16.5. The minimum Gasteiger partial charge on any atom is -0.338 e. The third-order valence-corrected chi connectivity index (χ3v) is 12.7. The first kappa shape index (κ1) is 43.6. The number of para-hydroxylation sites is 2. The molecule has 2 saturated heterocycles. The summed E-state index contributed by atoms with van der Waals surface area (Å²) in [5, 5.41) is 2.35. The molecule has 12 nitrogen and oxygen atoms in total. The number of amides is 2. The maximum absolute atomic E-state index is 13.7. The number of piperidine rings is 2. The summed E-state index contributed by atoms with van der Waals surface area (Å²) in [6.45, 7) is 7.16. The van der Waals surface area contributed by atoms with Crippen molar-refractivity contribution in [1.29, 1.82) is 0 Å². The van der Waals surface area contributed by atoms with Crippen molar-refractivity contribution in [2.75, 3.05) is 26.2 Å². The number of nitrogens with zero attached hydrogens (tertiary/aromatic N) is 8. The number of fused-ring (bicyclic) bond motifs is 4. The Morgan fingerprint density at radius 1 is 0.603 bits per heavy atom. The molecule has 8 aromatic rings. The number of hydrogen-bond acceptors (Lipinski definition) is 6. The molecule has 4 N–H and O–H groups in total. The van der Waals surface area contributed by atoms with E-state index in [2.05, 4.69) is 68.5 Å². The van der Waals surface area contributed by atoms with Gasteiger partial charge in [0.05, 0.1) is 45.5 Å². The summed E-state index contributed by atoms with van der Waals surface area (Å²) in [5.74, 6) is 1.47. The largest absolute Gasteiger partial charge is 0.338 e. The number of carbonyl (C=O) groups is 2. The number of likely N-dealkylation sites (tertiary alicyclic amines) is 2. The number of rotatable bonds is 6. The van der Waals surface area contributed by atoms with Gasteiger partial charge >= 0.3 is 0 Å². The molecule has 0 aliphatic carbocycles. The highest BCUT2D eigenvalue weighted by Crippen LogP contribution is 2.32. The lowest BCUT2D eigenvalue weighted by molar-refractivity contribution is 0.0622. The molecule has 0 radical (unpaired) electrons. The van der Waals surface area contributed by atoms with Gasteiger partial charge in [0, 0.05) is 86.3 Å². The zero-order valence-electron chi connectivity index (χ0n) is 35.9. The Morgan fingerprint density at radius 2 is 1.00 bits per heavy atom. The molecule has 15 heteroatoms. The van der Waals surface area contributed by atoms with Crippen molar-refractivity contribution in [1.82, 2.24) is 38.0 Å². The highest BCUT2D eigenvalue weighted by atomic mass is 35.5. The molecule has 0 spiro atoms. The van der Waals surface area contributed by atoms with Crippen LogP contribution in [-0.4, -0.2) is 100 Å². The Hall–Kier alpha value is -6.09. The van der Waals surface area contributed by atoms with Crippen LogP contribution in [0.15, 0.2) is 97.1 Å². The molecular weight excluding hydrogens is 822 g/mol. The van der Waals surface area contributed by atoms with Gasteiger partial charge in [0.25, 0.3) is 11.8 Å². The molecule has 0 bridgehead atoms. The van der Waals surface area contributed by atoms with Crippen molar-refractivity contribution < 1.29 is 18.4 Å². The van der Waals surface area contributed by atoms with Gasteiger partial charge in [0.2, 0.25) is 0 Å². The summed E-state index contributed by atoms with van der Waals surface area (Å²) in [7, 11) is 3.99. The fourth-order valence-electron chi connectivity index (χ4n) is 9.24. The quantitative estimate of drug-likeness (QED) is 0.175. The molecule has 4 aromatic carbocycles. The Morgan fingerprint density at radius 3 is 1.38 bits per heavy atom. The summed E-state index contributed by atoms with van der Waals surface area (Å²) >= 11 is 0. The Balaban J connectivity index is 0.000000170. The second-order valence-electron chi connectivity index (χ2n) is 16.5. The first-order valence-electron chi connectivity index (χ1n) is 21.4. The van der Waals surface area contributed by atoms with Crippen LogP contribution in [0.4, 0.5) is 8.78 Å². The second kappa shape index (κ2) is 17.6.